The van der Waals surface area contributed by atoms with Gasteiger partial charge in [0.15, 0.2) is 0 Å². The molecule has 0 saturated heterocycles. The molecule has 2 nitrogen and oxygen atoms in total. The zero-order chi connectivity index (χ0) is 14.7. The van der Waals surface area contributed by atoms with E-state index in [1.54, 1.807) is 23.6 Å². The lowest BCUT2D eigenvalue weighted by molar-refractivity contribution is 0.627. The van der Waals surface area contributed by atoms with Crippen LogP contribution in [-0.2, 0) is 6.54 Å². The van der Waals surface area contributed by atoms with Gasteiger partial charge >= 0.3 is 0 Å². The third-order valence-electron chi connectivity index (χ3n) is 3.06. The van der Waals surface area contributed by atoms with Gasteiger partial charge in [-0.05, 0) is 42.0 Å². The Bertz CT molecular complexity index is 727. The minimum absolute atomic E-state index is 0.323. The standard InChI is InChI=1S/C16H12ClFN2S/c17-15-9-13(18)4-1-12(15)10-20-14-5-2-11(3-6-14)16-19-7-8-21-16/h1-9,20H,10H2. The van der Waals surface area contributed by atoms with Crippen molar-refractivity contribution in [2.24, 2.45) is 0 Å². The Balaban J connectivity index is 1.68. The molecule has 0 aliphatic carbocycles. The van der Waals surface area contributed by atoms with Gasteiger partial charge in [-0.15, -0.1) is 11.3 Å². The van der Waals surface area contributed by atoms with E-state index in [2.05, 4.69) is 10.3 Å². The Morgan fingerprint density at radius 2 is 1.95 bits per heavy atom. The first-order valence-corrected chi connectivity index (χ1v) is 7.66. The highest BCUT2D eigenvalue weighted by atomic mass is 35.5. The molecule has 2 aromatic carbocycles. The summed E-state index contributed by atoms with van der Waals surface area (Å²) in [5.41, 5.74) is 2.94. The Hall–Kier alpha value is -1.91. The van der Waals surface area contributed by atoms with E-state index in [0.717, 1.165) is 21.8 Å². The molecule has 0 unspecified atom stereocenters. The van der Waals surface area contributed by atoms with Crippen molar-refractivity contribution >= 4 is 28.6 Å². The normalized spacial score (nSPS) is 10.6. The van der Waals surface area contributed by atoms with Gasteiger partial charge in [0, 0.05) is 34.4 Å². The van der Waals surface area contributed by atoms with Crippen molar-refractivity contribution in [1.29, 1.82) is 0 Å². The van der Waals surface area contributed by atoms with E-state index >= 15 is 0 Å². The molecular weight excluding hydrogens is 307 g/mol. The summed E-state index contributed by atoms with van der Waals surface area (Å²) >= 11 is 7.61. The average Bonchev–Trinajstić information content (AvgIpc) is 3.01. The van der Waals surface area contributed by atoms with Crippen molar-refractivity contribution in [3.8, 4) is 10.6 Å². The number of aromatic nitrogens is 1. The lowest BCUT2D eigenvalue weighted by Crippen LogP contribution is -2.00. The smallest absolute Gasteiger partial charge is 0.124 e. The van der Waals surface area contributed by atoms with Crippen molar-refractivity contribution in [3.05, 3.63) is 70.4 Å². The molecule has 0 bridgehead atoms. The third kappa shape index (κ3) is 3.40. The summed E-state index contributed by atoms with van der Waals surface area (Å²) in [7, 11) is 0. The van der Waals surface area contributed by atoms with E-state index in [1.165, 1.54) is 12.1 Å². The summed E-state index contributed by atoms with van der Waals surface area (Å²) in [4.78, 5) is 4.27. The summed E-state index contributed by atoms with van der Waals surface area (Å²) in [6.07, 6.45) is 1.79. The van der Waals surface area contributed by atoms with Crippen molar-refractivity contribution in [2.75, 3.05) is 5.32 Å². The number of nitrogens with zero attached hydrogens (tertiary/aromatic N) is 1. The van der Waals surface area contributed by atoms with Crippen LogP contribution in [0.3, 0.4) is 0 Å². The van der Waals surface area contributed by atoms with Gasteiger partial charge in [-0.2, -0.15) is 0 Å². The number of benzene rings is 2. The van der Waals surface area contributed by atoms with Gasteiger partial charge in [0.1, 0.15) is 10.8 Å². The maximum Gasteiger partial charge on any atom is 0.124 e. The molecule has 21 heavy (non-hydrogen) atoms. The maximum absolute atomic E-state index is 13.0. The van der Waals surface area contributed by atoms with Crippen LogP contribution in [0.1, 0.15) is 5.56 Å². The zero-order valence-corrected chi connectivity index (χ0v) is 12.6. The summed E-state index contributed by atoms with van der Waals surface area (Å²) in [5.74, 6) is -0.323. The van der Waals surface area contributed by atoms with Gasteiger partial charge in [-0.25, -0.2) is 9.37 Å². The molecule has 0 aliphatic rings. The van der Waals surface area contributed by atoms with E-state index in [4.69, 9.17) is 11.6 Å². The summed E-state index contributed by atoms with van der Waals surface area (Å²) in [5, 5.41) is 6.66. The highest BCUT2D eigenvalue weighted by molar-refractivity contribution is 7.13. The summed E-state index contributed by atoms with van der Waals surface area (Å²) in [6, 6.07) is 12.5. The molecule has 0 fully saturated rings. The molecule has 0 spiro atoms. The fourth-order valence-electron chi connectivity index (χ4n) is 1.96. The van der Waals surface area contributed by atoms with Crippen LogP contribution in [0.2, 0.25) is 5.02 Å². The van der Waals surface area contributed by atoms with Crippen LogP contribution in [0.25, 0.3) is 10.6 Å². The highest BCUT2D eigenvalue weighted by Crippen LogP contribution is 2.24. The summed E-state index contributed by atoms with van der Waals surface area (Å²) < 4.78 is 13.0. The van der Waals surface area contributed by atoms with E-state index < -0.39 is 0 Å². The molecule has 5 heteroatoms. The molecule has 1 aromatic heterocycles. The van der Waals surface area contributed by atoms with Crippen LogP contribution in [0.15, 0.2) is 54.0 Å². The minimum atomic E-state index is -0.323. The first-order chi connectivity index (χ1) is 10.2. The minimum Gasteiger partial charge on any atom is -0.381 e. The SMILES string of the molecule is Fc1ccc(CNc2ccc(-c3nccs3)cc2)c(Cl)c1. The van der Waals surface area contributed by atoms with Crippen molar-refractivity contribution in [3.63, 3.8) is 0 Å². The number of halogens is 2. The fourth-order valence-corrected chi connectivity index (χ4v) is 2.84. The first kappa shape index (κ1) is 14.0. The fraction of sp³-hybridized carbons (Fsp3) is 0.0625. The van der Waals surface area contributed by atoms with E-state index in [1.807, 2.05) is 29.6 Å². The average molecular weight is 319 g/mol. The first-order valence-electron chi connectivity index (χ1n) is 6.40. The van der Waals surface area contributed by atoms with Gasteiger partial charge in [-0.3, -0.25) is 0 Å². The van der Waals surface area contributed by atoms with Gasteiger partial charge in [-0.1, -0.05) is 17.7 Å². The molecule has 0 atom stereocenters. The second-order valence-electron chi connectivity index (χ2n) is 4.50. The number of rotatable bonds is 4. The molecule has 0 saturated carbocycles. The monoisotopic (exact) mass is 318 g/mol. The van der Waals surface area contributed by atoms with Crippen LogP contribution in [0, 0.1) is 5.82 Å². The van der Waals surface area contributed by atoms with Crippen molar-refractivity contribution in [2.45, 2.75) is 6.54 Å². The van der Waals surface area contributed by atoms with E-state index in [9.17, 15) is 4.39 Å². The highest BCUT2D eigenvalue weighted by Gasteiger charge is 2.03. The van der Waals surface area contributed by atoms with Gasteiger partial charge in [0.2, 0.25) is 0 Å². The second kappa shape index (κ2) is 6.24. The molecule has 0 radical (unpaired) electrons. The topological polar surface area (TPSA) is 24.9 Å². The largest absolute Gasteiger partial charge is 0.381 e. The van der Waals surface area contributed by atoms with Crippen LogP contribution in [0.4, 0.5) is 10.1 Å². The zero-order valence-electron chi connectivity index (χ0n) is 11.0. The van der Waals surface area contributed by atoms with E-state index in [0.29, 0.717) is 11.6 Å². The van der Waals surface area contributed by atoms with Gasteiger partial charge < -0.3 is 5.32 Å². The second-order valence-corrected chi connectivity index (χ2v) is 5.81. The quantitative estimate of drug-likeness (QED) is 0.714. The molecule has 3 rings (SSSR count). The van der Waals surface area contributed by atoms with Crippen LogP contribution >= 0.6 is 22.9 Å². The van der Waals surface area contributed by atoms with Crippen LogP contribution in [-0.4, -0.2) is 4.98 Å². The Morgan fingerprint density at radius 3 is 2.62 bits per heavy atom. The third-order valence-corrected chi connectivity index (χ3v) is 4.24. The number of anilines is 1. The van der Waals surface area contributed by atoms with Gasteiger partial charge in [0.05, 0.1) is 0 Å². The molecule has 106 valence electrons. The molecule has 0 amide bonds. The predicted molar refractivity (Wildman–Crippen MR) is 86.3 cm³/mol. The summed E-state index contributed by atoms with van der Waals surface area (Å²) in [6.45, 7) is 0.551. The Kier molecular flexibility index (Phi) is 4.18. The maximum atomic E-state index is 13.0. The van der Waals surface area contributed by atoms with Crippen molar-refractivity contribution < 1.29 is 4.39 Å². The molecule has 3 aromatic rings. The van der Waals surface area contributed by atoms with Crippen LogP contribution in [0.5, 0.6) is 0 Å². The Labute approximate surface area is 131 Å². The number of thiazole rings is 1. The molecular formula is C16H12ClFN2S. The van der Waals surface area contributed by atoms with Gasteiger partial charge in [0.25, 0.3) is 0 Å². The van der Waals surface area contributed by atoms with Crippen molar-refractivity contribution in [1.82, 2.24) is 4.98 Å². The molecule has 1 N–H and O–H groups in total. The predicted octanol–water partition coefficient (Wildman–Crippen LogP) is 5.21. The molecule has 1 heterocycles. The lowest BCUT2D eigenvalue weighted by Gasteiger charge is -2.08. The Morgan fingerprint density at radius 1 is 1.14 bits per heavy atom. The van der Waals surface area contributed by atoms with E-state index in [-0.39, 0.29) is 5.82 Å². The number of hydrogen-bond donors (Lipinski definition) is 1. The lowest BCUT2D eigenvalue weighted by atomic mass is 10.2. The molecule has 0 aliphatic heterocycles. The van der Waals surface area contributed by atoms with Crippen LogP contribution < -0.4 is 5.32 Å². The number of hydrogen-bond acceptors (Lipinski definition) is 3. The number of nitrogens with one attached hydrogen (secondary N) is 1.